The van der Waals surface area contributed by atoms with Gasteiger partial charge in [-0.25, -0.2) is 4.79 Å². The van der Waals surface area contributed by atoms with Crippen LogP contribution in [0.25, 0.3) is 0 Å². The first kappa shape index (κ1) is 20.7. The van der Waals surface area contributed by atoms with Crippen molar-refractivity contribution in [1.82, 2.24) is 9.88 Å². The van der Waals surface area contributed by atoms with E-state index in [2.05, 4.69) is 5.32 Å². The molecule has 1 saturated carbocycles. The van der Waals surface area contributed by atoms with Crippen molar-refractivity contribution < 1.29 is 24.6 Å². The number of carbonyl (C=O) groups excluding carboxylic acids is 1. The molecule has 1 amide bonds. The van der Waals surface area contributed by atoms with Crippen LogP contribution in [0.4, 0.5) is 0 Å². The van der Waals surface area contributed by atoms with E-state index in [-0.39, 0.29) is 5.56 Å². The van der Waals surface area contributed by atoms with E-state index in [1.54, 1.807) is 11.5 Å². The van der Waals surface area contributed by atoms with Crippen LogP contribution in [-0.4, -0.2) is 38.7 Å². The highest BCUT2D eigenvalue weighted by atomic mass is 16.4. The normalized spacial score (nSPS) is 15.9. The van der Waals surface area contributed by atoms with Crippen LogP contribution in [0.3, 0.4) is 0 Å². The van der Waals surface area contributed by atoms with E-state index in [0.29, 0.717) is 12.5 Å². The molecule has 1 fully saturated rings. The third kappa shape index (κ3) is 5.18. The van der Waals surface area contributed by atoms with Gasteiger partial charge in [-0.2, -0.15) is 0 Å². The number of hydrogen-bond donors (Lipinski definition) is 3. The molecule has 148 valence electrons. The Morgan fingerprint density at radius 3 is 2.37 bits per heavy atom. The zero-order valence-corrected chi connectivity index (χ0v) is 15.7. The Bertz CT molecular complexity index is 792. The molecule has 1 aromatic rings. The SMILES string of the molecule is Cc1cc(C(=O)N[C@H](CC(=O)O)C(=O)O)c(=O)n(CC2CCCCC2)c1C. The van der Waals surface area contributed by atoms with Crippen LogP contribution in [0.5, 0.6) is 0 Å². The second-order valence-corrected chi connectivity index (χ2v) is 7.21. The van der Waals surface area contributed by atoms with E-state index in [1.165, 1.54) is 12.5 Å². The average Bonchev–Trinajstić information content (AvgIpc) is 2.61. The van der Waals surface area contributed by atoms with Crippen LogP contribution in [-0.2, 0) is 16.1 Å². The van der Waals surface area contributed by atoms with E-state index in [9.17, 15) is 19.2 Å². The van der Waals surface area contributed by atoms with Crippen molar-refractivity contribution in [3.05, 3.63) is 33.2 Å². The Hall–Kier alpha value is -2.64. The highest BCUT2D eigenvalue weighted by molar-refractivity contribution is 5.97. The molecule has 0 spiro atoms. The number of nitrogens with zero attached hydrogens (tertiary/aromatic N) is 1. The Balaban J connectivity index is 2.30. The van der Waals surface area contributed by atoms with Gasteiger partial charge in [-0.05, 0) is 44.2 Å². The summed E-state index contributed by atoms with van der Waals surface area (Å²) in [6.45, 7) is 4.14. The Morgan fingerprint density at radius 2 is 1.81 bits per heavy atom. The van der Waals surface area contributed by atoms with Crippen molar-refractivity contribution >= 4 is 17.8 Å². The number of aryl methyl sites for hydroxylation is 1. The standard InChI is InChI=1S/C19H26N2O6/c1-11-8-14(17(24)20-15(19(26)27)9-16(22)23)18(25)21(12(11)2)10-13-6-4-3-5-7-13/h8,13,15H,3-7,9-10H2,1-2H3,(H,20,24)(H,22,23)(H,26,27)/t15-/m1/s1. The van der Waals surface area contributed by atoms with E-state index < -0.39 is 35.9 Å². The van der Waals surface area contributed by atoms with Crippen molar-refractivity contribution in [3.63, 3.8) is 0 Å². The number of nitrogens with one attached hydrogen (secondary N) is 1. The van der Waals surface area contributed by atoms with Gasteiger partial charge in [0.2, 0.25) is 0 Å². The van der Waals surface area contributed by atoms with Crippen molar-refractivity contribution in [2.75, 3.05) is 0 Å². The Labute approximate surface area is 157 Å². The number of aliphatic carboxylic acids is 2. The minimum atomic E-state index is -1.59. The van der Waals surface area contributed by atoms with E-state index >= 15 is 0 Å². The molecule has 2 rings (SSSR count). The molecule has 0 saturated heterocycles. The molecular weight excluding hydrogens is 352 g/mol. The summed E-state index contributed by atoms with van der Waals surface area (Å²) in [5.41, 5.74) is 0.897. The second kappa shape index (κ2) is 8.83. The fourth-order valence-electron chi connectivity index (χ4n) is 3.51. The third-order valence-corrected chi connectivity index (χ3v) is 5.20. The Morgan fingerprint density at radius 1 is 1.19 bits per heavy atom. The maximum absolute atomic E-state index is 12.9. The molecule has 0 unspecified atom stereocenters. The molecule has 8 heteroatoms. The lowest BCUT2D eigenvalue weighted by Gasteiger charge is -2.24. The lowest BCUT2D eigenvalue weighted by Crippen LogP contribution is -2.44. The Kier molecular flexibility index (Phi) is 6.76. The van der Waals surface area contributed by atoms with Gasteiger partial charge in [-0.15, -0.1) is 0 Å². The first-order valence-electron chi connectivity index (χ1n) is 9.17. The lowest BCUT2D eigenvalue weighted by atomic mass is 9.89. The van der Waals surface area contributed by atoms with E-state index in [0.717, 1.165) is 36.9 Å². The summed E-state index contributed by atoms with van der Waals surface area (Å²) < 4.78 is 1.59. The molecule has 27 heavy (non-hydrogen) atoms. The summed E-state index contributed by atoms with van der Waals surface area (Å²) >= 11 is 0. The smallest absolute Gasteiger partial charge is 0.326 e. The number of carboxylic acid groups (broad SMARTS) is 2. The van der Waals surface area contributed by atoms with Gasteiger partial charge < -0.3 is 20.1 Å². The van der Waals surface area contributed by atoms with Crippen molar-refractivity contribution in [2.45, 2.75) is 65.0 Å². The van der Waals surface area contributed by atoms with Crippen LogP contribution in [0, 0.1) is 19.8 Å². The molecule has 1 heterocycles. The quantitative estimate of drug-likeness (QED) is 0.663. The predicted molar refractivity (Wildman–Crippen MR) is 97.9 cm³/mol. The van der Waals surface area contributed by atoms with Crippen LogP contribution >= 0.6 is 0 Å². The van der Waals surface area contributed by atoms with E-state index in [4.69, 9.17) is 10.2 Å². The maximum Gasteiger partial charge on any atom is 0.326 e. The second-order valence-electron chi connectivity index (χ2n) is 7.21. The third-order valence-electron chi connectivity index (χ3n) is 5.20. The molecule has 1 aliphatic carbocycles. The van der Waals surface area contributed by atoms with Crippen LogP contribution in [0.2, 0.25) is 0 Å². The first-order valence-corrected chi connectivity index (χ1v) is 9.17. The van der Waals surface area contributed by atoms with Crippen LogP contribution in [0.1, 0.15) is 60.1 Å². The number of amides is 1. The number of rotatable bonds is 7. The van der Waals surface area contributed by atoms with Crippen molar-refractivity contribution in [1.29, 1.82) is 0 Å². The molecule has 0 aliphatic heterocycles. The highest BCUT2D eigenvalue weighted by Gasteiger charge is 2.26. The van der Waals surface area contributed by atoms with Crippen molar-refractivity contribution in [2.24, 2.45) is 5.92 Å². The van der Waals surface area contributed by atoms with Gasteiger partial charge in [0.25, 0.3) is 11.5 Å². The van der Waals surface area contributed by atoms with Gasteiger partial charge in [-0.3, -0.25) is 14.4 Å². The maximum atomic E-state index is 12.9. The zero-order valence-electron chi connectivity index (χ0n) is 15.7. The summed E-state index contributed by atoms with van der Waals surface area (Å²) in [6.07, 6.45) is 4.79. The summed E-state index contributed by atoms with van der Waals surface area (Å²) in [4.78, 5) is 47.3. The largest absolute Gasteiger partial charge is 0.481 e. The van der Waals surface area contributed by atoms with Gasteiger partial charge in [0, 0.05) is 12.2 Å². The molecule has 1 aliphatic rings. The van der Waals surface area contributed by atoms with Crippen LogP contribution in [0.15, 0.2) is 10.9 Å². The minimum absolute atomic E-state index is 0.162. The summed E-state index contributed by atoms with van der Waals surface area (Å²) in [5.74, 6) is -3.30. The lowest BCUT2D eigenvalue weighted by molar-refractivity contribution is -0.145. The molecule has 0 bridgehead atoms. The molecule has 0 radical (unpaired) electrons. The first-order chi connectivity index (χ1) is 12.7. The van der Waals surface area contributed by atoms with Crippen LogP contribution < -0.4 is 10.9 Å². The summed E-state index contributed by atoms with van der Waals surface area (Å²) in [6, 6.07) is -0.160. The van der Waals surface area contributed by atoms with Gasteiger partial charge in [-0.1, -0.05) is 19.3 Å². The van der Waals surface area contributed by atoms with E-state index in [1.807, 2.05) is 6.92 Å². The topological polar surface area (TPSA) is 126 Å². The molecular formula is C19H26N2O6. The number of hydrogen-bond acceptors (Lipinski definition) is 4. The molecule has 1 atom stereocenters. The predicted octanol–water partition coefficient (Wildman–Crippen LogP) is 1.70. The molecule has 1 aromatic heterocycles. The van der Waals surface area contributed by atoms with Gasteiger partial charge in [0.05, 0.1) is 6.42 Å². The average molecular weight is 378 g/mol. The fourth-order valence-corrected chi connectivity index (χ4v) is 3.51. The van der Waals surface area contributed by atoms with Gasteiger partial charge in [0.1, 0.15) is 11.6 Å². The monoisotopic (exact) mass is 378 g/mol. The fraction of sp³-hybridized carbons (Fsp3) is 0.579. The zero-order chi connectivity index (χ0) is 20.1. The van der Waals surface area contributed by atoms with Gasteiger partial charge >= 0.3 is 11.9 Å². The highest BCUT2D eigenvalue weighted by Crippen LogP contribution is 2.25. The van der Waals surface area contributed by atoms with Gasteiger partial charge in [0.15, 0.2) is 0 Å². The summed E-state index contributed by atoms with van der Waals surface area (Å²) in [5, 5.41) is 20.0. The number of pyridine rings is 1. The number of aromatic nitrogens is 1. The molecule has 3 N–H and O–H groups in total. The number of carboxylic acids is 2. The summed E-state index contributed by atoms with van der Waals surface area (Å²) in [7, 11) is 0. The number of carbonyl (C=O) groups is 3. The molecule has 0 aromatic carbocycles. The van der Waals surface area contributed by atoms with Crippen molar-refractivity contribution in [3.8, 4) is 0 Å². The molecule has 8 nitrogen and oxygen atoms in total. The minimum Gasteiger partial charge on any atom is -0.481 e.